The van der Waals surface area contributed by atoms with Crippen LogP contribution in [0.2, 0.25) is 0 Å². The summed E-state index contributed by atoms with van der Waals surface area (Å²) in [7, 11) is 0. The molecule has 0 radical (unpaired) electrons. The Labute approximate surface area is 162 Å². The van der Waals surface area contributed by atoms with E-state index >= 15 is 0 Å². The zero-order valence-electron chi connectivity index (χ0n) is 15.7. The topological polar surface area (TPSA) is 26.0 Å². The molecular formula is C26H25N. The van der Waals surface area contributed by atoms with Gasteiger partial charge in [0.15, 0.2) is 0 Å². The zero-order valence-corrected chi connectivity index (χ0v) is 15.7. The number of allylic oxidation sites excluding steroid dienone is 5. The van der Waals surface area contributed by atoms with Crippen LogP contribution in [0, 0.1) is 0 Å². The molecule has 3 aromatic carbocycles. The van der Waals surface area contributed by atoms with Gasteiger partial charge >= 0.3 is 0 Å². The van der Waals surface area contributed by atoms with Crippen molar-refractivity contribution in [1.29, 1.82) is 0 Å². The van der Waals surface area contributed by atoms with Crippen LogP contribution in [0.25, 0.3) is 0 Å². The molecule has 0 unspecified atom stereocenters. The molecule has 0 atom stereocenters. The molecule has 0 spiro atoms. The maximum Gasteiger partial charge on any atom is 0.0702 e. The first-order chi connectivity index (χ1) is 13.2. The Kier molecular flexibility index (Phi) is 5.73. The Balaban J connectivity index is 2.47. The SMILES string of the molecule is C=C/C(=C\C=C/C)C(c1ccccc1)(c1ccccc1)c1cccc(N)c1. The smallest absolute Gasteiger partial charge is 0.0702 e. The maximum atomic E-state index is 6.19. The standard InChI is InChI=1S/C26H25N/c1-3-5-13-21(4-2)26(22-14-8-6-9-15-22,23-16-10-7-11-17-23)24-18-12-19-25(27)20-24/h3-20H,2,27H2,1H3/b5-3-,21-13+. The summed E-state index contributed by atoms with van der Waals surface area (Å²) in [6.07, 6.45) is 8.17. The summed E-state index contributed by atoms with van der Waals surface area (Å²) in [5.41, 5.74) is 11.0. The molecule has 0 amide bonds. The van der Waals surface area contributed by atoms with Crippen LogP contribution in [0.15, 0.2) is 121 Å². The summed E-state index contributed by atoms with van der Waals surface area (Å²) in [5.74, 6) is 0. The van der Waals surface area contributed by atoms with Gasteiger partial charge < -0.3 is 5.73 Å². The molecule has 0 aliphatic carbocycles. The van der Waals surface area contributed by atoms with Crippen LogP contribution in [-0.4, -0.2) is 0 Å². The van der Waals surface area contributed by atoms with Crippen molar-refractivity contribution in [3.05, 3.63) is 138 Å². The first-order valence-electron chi connectivity index (χ1n) is 9.16. The van der Waals surface area contributed by atoms with Crippen LogP contribution >= 0.6 is 0 Å². The second-order valence-corrected chi connectivity index (χ2v) is 6.46. The van der Waals surface area contributed by atoms with Gasteiger partial charge in [-0.15, -0.1) is 0 Å². The third-order valence-electron chi connectivity index (χ3n) is 4.85. The molecule has 0 saturated heterocycles. The van der Waals surface area contributed by atoms with E-state index in [4.69, 9.17) is 5.73 Å². The summed E-state index contributed by atoms with van der Waals surface area (Å²) < 4.78 is 0. The van der Waals surface area contributed by atoms with Crippen LogP contribution < -0.4 is 5.73 Å². The van der Waals surface area contributed by atoms with Gasteiger partial charge in [-0.05, 0) is 41.3 Å². The highest BCUT2D eigenvalue weighted by atomic mass is 14.5. The van der Waals surface area contributed by atoms with Crippen molar-refractivity contribution in [2.75, 3.05) is 5.73 Å². The van der Waals surface area contributed by atoms with Crippen LogP contribution in [0.3, 0.4) is 0 Å². The Morgan fingerprint density at radius 2 is 1.37 bits per heavy atom. The second kappa shape index (κ2) is 8.37. The monoisotopic (exact) mass is 351 g/mol. The fourth-order valence-electron chi connectivity index (χ4n) is 3.69. The summed E-state index contributed by atoms with van der Waals surface area (Å²) in [4.78, 5) is 0. The number of benzene rings is 3. The van der Waals surface area contributed by atoms with Gasteiger partial charge in [0.1, 0.15) is 0 Å². The fraction of sp³-hybridized carbons (Fsp3) is 0.0769. The summed E-state index contributed by atoms with van der Waals surface area (Å²) >= 11 is 0. The van der Waals surface area contributed by atoms with Crippen molar-refractivity contribution in [3.63, 3.8) is 0 Å². The molecule has 1 heteroatoms. The van der Waals surface area contributed by atoms with Crippen molar-refractivity contribution in [3.8, 4) is 0 Å². The average Bonchev–Trinajstić information content (AvgIpc) is 2.72. The molecule has 0 heterocycles. The lowest BCUT2D eigenvalue weighted by Gasteiger charge is -2.37. The summed E-state index contributed by atoms with van der Waals surface area (Å²) in [6, 6.07) is 29.2. The van der Waals surface area contributed by atoms with E-state index in [9.17, 15) is 0 Å². The normalized spacial score (nSPS) is 12.3. The van der Waals surface area contributed by atoms with Crippen molar-refractivity contribution in [1.82, 2.24) is 0 Å². The maximum absolute atomic E-state index is 6.19. The van der Waals surface area contributed by atoms with E-state index in [-0.39, 0.29) is 0 Å². The third kappa shape index (κ3) is 3.50. The van der Waals surface area contributed by atoms with Crippen LogP contribution in [0.1, 0.15) is 23.6 Å². The highest BCUT2D eigenvalue weighted by molar-refractivity contribution is 5.63. The van der Waals surface area contributed by atoms with E-state index in [1.807, 2.05) is 43.3 Å². The lowest BCUT2D eigenvalue weighted by atomic mass is 9.64. The van der Waals surface area contributed by atoms with Gasteiger partial charge in [-0.2, -0.15) is 0 Å². The highest BCUT2D eigenvalue weighted by Crippen LogP contribution is 2.46. The Bertz CT molecular complexity index is 910. The molecule has 2 N–H and O–H groups in total. The first-order valence-corrected chi connectivity index (χ1v) is 9.16. The van der Waals surface area contributed by atoms with Crippen molar-refractivity contribution in [2.24, 2.45) is 0 Å². The predicted octanol–water partition coefficient (Wildman–Crippen LogP) is 6.29. The average molecular weight is 351 g/mol. The molecule has 0 bridgehead atoms. The van der Waals surface area contributed by atoms with Gasteiger partial charge in [0, 0.05) is 5.69 Å². The minimum Gasteiger partial charge on any atom is -0.399 e. The highest BCUT2D eigenvalue weighted by Gasteiger charge is 2.38. The molecule has 134 valence electrons. The van der Waals surface area contributed by atoms with Gasteiger partial charge in [0.25, 0.3) is 0 Å². The Morgan fingerprint density at radius 3 is 1.85 bits per heavy atom. The Hall–Kier alpha value is -3.32. The third-order valence-corrected chi connectivity index (χ3v) is 4.85. The first kappa shape index (κ1) is 18.5. The largest absolute Gasteiger partial charge is 0.399 e. The quantitative estimate of drug-likeness (QED) is 0.315. The number of nitrogen functional groups attached to an aromatic ring is 1. The van der Waals surface area contributed by atoms with Crippen LogP contribution in [-0.2, 0) is 5.41 Å². The molecule has 0 saturated carbocycles. The van der Waals surface area contributed by atoms with Gasteiger partial charge in [-0.1, -0.05) is 104 Å². The number of anilines is 1. The molecular weight excluding hydrogens is 326 g/mol. The van der Waals surface area contributed by atoms with Gasteiger partial charge in [-0.25, -0.2) is 0 Å². The molecule has 27 heavy (non-hydrogen) atoms. The van der Waals surface area contributed by atoms with E-state index in [1.54, 1.807) is 0 Å². The second-order valence-electron chi connectivity index (χ2n) is 6.46. The summed E-state index contributed by atoms with van der Waals surface area (Å²) in [6.45, 7) is 6.16. The van der Waals surface area contributed by atoms with E-state index in [0.29, 0.717) is 0 Å². The molecule has 0 aromatic heterocycles. The lowest BCUT2D eigenvalue weighted by Crippen LogP contribution is -2.31. The van der Waals surface area contributed by atoms with E-state index in [1.165, 1.54) is 11.1 Å². The molecule has 0 fully saturated rings. The van der Waals surface area contributed by atoms with E-state index in [0.717, 1.165) is 16.8 Å². The van der Waals surface area contributed by atoms with Gasteiger partial charge in [-0.3, -0.25) is 0 Å². The number of nitrogens with two attached hydrogens (primary N) is 1. The van der Waals surface area contributed by atoms with E-state index < -0.39 is 5.41 Å². The minimum absolute atomic E-state index is 0.501. The van der Waals surface area contributed by atoms with Crippen LogP contribution in [0.5, 0.6) is 0 Å². The van der Waals surface area contributed by atoms with Crippen molar-refractivity contribution in [2.45, 2.75) is 12.3 Å². The number of hydrogen-bond acceptors (Lipinski definition) is 1. The lowest BCUT2D eigenvalue weighted by molar-refractivity contribution is 0.744. The van der Waals surface area contributed by atoms with Crippen molar-refractivity contribution < 1.29 is 0 Å². The molecule has 0 aliphatic rings. The van der Waals surface area contributed by atoms with Crippen LogP contribution in [0.4, 0.5) is 5.69 Å². The van der Waals surface area contributed by atoms with Gasteiger partial charge in [0.2, 0.25) is 0 Å². The summed E-state index contributed by atoms with van der Waals surface area (Å²) in [5, 5.41) is 0. The zero-order chi connectivity index (χ0) is 19.1. The molecule has 1 nitrogen and oxygen atoms in total. The molecule has 0 aliphatic heterocycles. The Morgan fingerprint density at radius 1 is 0.815 bits per heavy atom. The fourth-order valence-corrected chi connectivity index (χ4v) is 3.69. The molecule has 3 aromatic rings. The number of rotatable bonds is 6. The van der Waals surface area contributed by atoms with Crippen molar-refractivity contribution >= 4 is 5.69 Å². The molecule has 3 rings (SSSR count). The van der Waals surface area contributed by atoms with E-state index in [2.05, 4.69) is 79.4 Å². The van der Waals surface area contributed by atoms with Gasteiger partial charge in [0.05, 0.1) is 5.41 Å². The number of hydrogen-bond donors (Lipinski definition) is 1. The minimum atomic E-state index is -0.501. The predicted molar refractivity (Wildman–Crippen MR) is 117 cm³/mol.